The minimum atomic E-state index is -0.345. The number of ether oxygens (including phenoxy) is 1. The fraction of sp³-hybridized carbons (Fsp3) is 0.111. The van der Waals surface area contributed by atoms with E-state index < -0.39 is 0 Å². The second-order valence-electron chi connectivity index (χ2n) is 5.24. The number of hydrogen-bond acceptors (Lipinski definition) is 4. The summed E-state index contributed by atoms with van der Waals surface area (Å²) in [5.74, 6) is 0.722. The molecule has 0 saturated carbocycles. The van der Waals surface area contributed by atoms with Crippen LogP contribution in [0.4, 0.5) is 0 Å². The van der Waals surface area contributed by atoms with Gasteiger partial charge >= 0.3 is 0 Å². The molecular formula is C18H16N2O4. The molecule has 24 heavy (non-hydrogen) atoms. The van der Waals surface area contributed by atoms with E-state index in [1.165, 1.54) is 17.1 Å². The third kappa shape index (κ3) is 3.08. The molecule has 0 bridgehead atoms. The Hall–Kier alpha value is -3.28. The van der Waals surface area contributed by atoms with Crippen LogP contribution in [0.2, 0.25) is 0 Å². The summed E-state index contributed by atoms with van der Waals surface area (Å²) in [7, 11) is 3.15. The van der Waals surface area contributed by atoms with E-state index in [0.717, 1.165) is 11.3 Å². The van der Waals surface area contributed by atoms with Gasteiger partial charge in [-0.2, -0.15) is 0 Å². The number of aromatic amines is 1. The molecule has 0 amide bonds. The van der Waals surface area contributed by atoms with Crippen LogP contribution in [-0.2, 0) is 7.05 Å². The second-order valence-corrected chi connectivity index (χ2v) is 5.24. The zero-order valence-electron chi connectivity index (χ0n) is 13.3. The lowest BCUT2D eigenvalue weighted by atomic mass is 10.2. The normalized spacial score (nSPS) is 12.6. The minimum absolute atomic E-state index is 0.204. The van der Waals surface area contributed by atoms with Crippen LogP contribution in [0.15, 0.2) is 56.9 Å². The van der Waals surface area contributed by atoms with E-state index in [9.17, 15) is 9.59 Å². The van der Waals surface area contributed by atoms with Crippen LogP contribution in [0.25, 0.3) is 12.2 Å². The van der Waals surface area contributed by atoms with Gasteiger partial charge in [0.1, 0.15) is 16.4 Å². The van der Waals surface area contributed by atoms with Crippen molar-refractivity contribution >= 4 is 12.2 Å². The van der Waals surface area contributed by atoms with Crippen molar-refractivity contribution in [1.29, 1.82) is 0 Å². The van der Waals surface area contributed by atoms with Crippen molar-refractivity contribution in [3.05, 3.63) is 85.4 Å². The third-order valence-corrected chi connectivity index (χ3v) is 3.65. The first-order valence-corrected chi connectivity index (χ1v) is 7.27. The van der Waals surface area contributed by atoms with E-state index >= 15 is 0 Å². The molecule has 0 fully saturated rings. The zero-order chi connectivity index (χ0) is 17.1. The van der Waals surface area contributed by atoms with Gasteiger partial charge < -0.3 is 18.7 Å². The van der Waals surface area contributed by atoms with Crippen molar-refractivity contribution < 1.29 is 9.15 Å². The summed E-state index contributed by atoms with van der Waals surface area (Å²) in [6, 6.07) is 8.91. The summed E-state index contributed by atoms with van der Waals surface area (Å²) < 4.78 is 11.4. The minimum Gasteiger partial charge on any atom is -0.497 e. The van der Waals surface area contributed by atoms with E-state index in [0.29, 0.717) is 5.56 Å². The Morgan fingerprint density at radius 3 is 2.46 bits per heavy atom. The number of aromatic nitrogens is 2. The summed E-state index contributed by atoms with van der Waals surface area (Å²) in [4.78, 5) is 27.4. The topological polar surface area (TPSA) is 77.2 Å². The summed E-state index contributed by atoms with van der Waals surface area (Å²) >= 11 is 0. The van der Waals surface area contributed by atoms with Gasteiger partial charge in [-0.1, -0.05) is 12.1 Å². The molecule has 6 nitrogen and oxygen atoms in total. The molecule has 1 N–H and O–H groups in total. The molecule has 3 rings (SSSR count). The lowest BCUT2D eigenvalue weighted by molar-refractivity contribution is 0.415. The van der Waals surface area contributed by atoms with Crippen LogP contribution in [0.5, 0.6) is 5.75 Å². The standard InChI is InChI=1S/C18H16N2O4/c1-20-16(10-12-3-5-14(23-2)6-4-12)17(21)19-15(18(20)22)9-13-7-8-24-11-13/h3-11H,1-2H3,(H,19,21). The predicted octanol–water partition coefficient (Wildman–Crippen LogP) is 0.333. The van der Waals surface area contributed by atoms with Crippen LogP contribution >= 0.6 is 0 Å². The SMILES string of the molecule is COc1ccc(C=c2c(=O)[nH]c(=Cc3ccoc3)c(=O)n2C)cc1. The maximum absolute atomic E-state index is 12.4. The van der Waals surface area contributed by atoms with Crippen molar-refractivity contribution in [3.8, 4) is 5.75 Å². The van der Waals surface area contributed by atoms with Crippen LogP contribution in [0.3, 0.4) is 0 Å². The Balaban J connectivity index is 2.17. The van der Waals surface area contributed by atoms with Crippen LogP contribution < -0.4 is 26.6 Å². The van der Waals surface area contributed by atoms with Crippen molar-refractivity contribution in [3.63, 3.8) is 0 Å². The van der Waals surface area contributed by atoms with Gasteiger partial charge in [0.25, 0.3) is 11.1 Å². The molecule has 0 saturated heterocycles. The smallest absolute Gasteiger partial charge is 0.274 e. The fourth-order valence-corrected chi connectivity index (χ4v) is 2.32. The van der Waals surface area contributed by atoms with E-state index in [1.54, 1.807) is 44.5 Å². The molecular weight excluding hydrogens is 308 g/mol. The molecule has 0 aliphatic rings. The number of methoxy groups -OCH3 is 1. The maximum Gasteiger partial charge on any atom is 0.274 e. The lowest BCUT2D eigenvalue weighted by Gasteiger charge is -2.01. The Kier molecular flexibility index (Phi) is 4.20. The number of H-pyrrole nitrogens is 1. The second kappa shape index (κ2) is 6.45. The van der Waals surface area contributed by atoms with Crippen molar-refractivity contribution in [1.82, 2.24) is 9.55 Å². The fourth-order valence-electron chi connectivity index (χ4n) is 2.32. The van der Waals surface area contributed by atoms with Gasteiger partial charge in [-0.15, -0.1) is 0 Å². The predicted molar refractivity (Wildman–Crippen MR) is 90.4 cm³/mol. The van der Waals surface area contributed by atoms with Gasteiger partial charge in [0.05, 0.1) is 19.6 Å². The molecule has 0 spiro atoms. The molecule has 2 aromatic heterocycles. The summed E-state index contributed by atoms with van der Waals surface area (Å²) in [6.45, 7) is 0. The van der Waals surface area contributed by atoms with Gasteiger partial charge in [-0.3, -0.25) is 9.59 Å². The van der Waals surface area contributed by atoms with E-state index in [1.807, 2.05) is 12.1 Å². The van der Waals surface area contributed by atoms with Crippen molar-refractivity contribution in [2.45, 2.75) is 0 Å². The van der Waals surface area contributed by atoms with Gasteiger partial charge in [-0.25, -0.2) is 0 Å². The number of nitrogens with one attached hydrogen (secondary N) is 1. The number of nitrogens with zero attached hydrogens (tertiary/aromatic N) is 1. The van der Waals surface area contributed by atoms with Gasteiger partial charge in [-0.05, 0) is 35.9 Å². The van der Waals surface area contributed by atoms with Crippen LogP contribution in [0.1, 0.15) is 11.1 Å². The first-order valence-electron chi connectivity index (χ1n) is 7.27. The highest BCUT2D eigenvalue weighted by Gasteiger charge is 2.02. The quantitative estimate of drug-likeness (QED) is 0.753. The summed E-state index contributed by atoms with van der Waals surface area (Å²) in [5, 5.41) is 0.477. The molecule has 1 aromatic carbocycles. The summed E-state index contributed by atoms with van der Waals surface area (Å²) in [6.07, 6.45) is 6.22. The Morgan fingerprint density at radius 2 is 1.83 bits per heavy atom. The zero-order valence-corrected chi connectivity index (χ0v) is 13.3. The average molecular weight is 324 g/mol. The molecule has 0 radical (unpaired) electrons. The van der Waals surface area contributed by atoms with Gasteiger partial charge in [0.2, 0.25) is 0 Å². The third-order valence-electron chi connectivity index (χ3n) is 3.65. The Morgan fingerprint density at radius 1 is 1.08 bits per heavy atom. The number of rotatable bonds is 3. The average Bonchev–Trinajstić information content (AvgIpc) is 3.10. The Bertz CT molecular complexity index is 1070. The van der Waals surface area contributed by atoms with Gasteiger partial charge in [0, 0.05) is 12.6 Å². The molecule has 122 valence electrons. The van der Waals surface area contributed by atoms with Crippen molar-refractivity contribution in [2.24, 2.45) is 7.05 Å². The highest BCUT2D eigenvalue weighted by Crippen LogP contribution is 2.11. The first kappa shape index (κ1) is 15.6. The molecule has 6 heteroatoms. The molecule has 0 aliphatic heterocycles. The number of furan rings is 1. The monoisotopic (exact) mass is 324 g/mol. The first-order chi connectivity index (χ1) is 11.6. The largest absolute Gasteiger partial charge is 0.497 e. The molecule has 2 heterocycles. The van der Waals surface area contributed by atoms with Crippen molar-refractivity contribution in [2.75, 3.05) is 7.11 Å². The molecule has 0 atom stereocenters. The summed E-state index contributed by atoms with van der Waals surface area (Å²) in [5.41, 5.74) is 0.857. The van der Waals surface area contributed by atoms with Crippen LogP contribution in [-0.4, -0.2) is 16.7 Å². The molecule has 0 unspecified atom stereocenters. The number of benzene rings is 1. The number of hydrogen-bond donors (Lipinski definition) is 1. The van der Waals surface area contributed by atoms with E-state index in [4.69, 9.17) is 9.15 Å². The molecule has 3 aromatic rings. The highest BCUT2D eigenvalue weighted by atomic mass is 16.5. The van der Waals surface area contributed by atoms with E-state index in [2.05, 4.69) is 4.98 Å². The van der Waals surface area contributed by atoms with Gasteiger partial charge in [0.15, 0.2) is 0 Å². The highest BCUT2D eigenvalue weighted by molar-refractivity contribution is 5.50. The maximum atomic E-state index is 12.4. The van der Waals surface area contributed by atoms with E-state index in [-0.39, 0.29) is 21.8 Å². The van der Waals surface area contributed by atoms with Crippen LogP contribution in [0, 0.1) is 0 Å². The molecule has 0 aliphatic carbocycles. The Labute approximate surface area is 137 Å². The lowest BCUT2D eigenvalue weighted by Crippen LogP contribution is -2.52.